The van der Waals surface area contributed by atoms with Crippen LogP contribution in [0.3, 0.4) is 0 Å². The fourth-order valence-electron chi connectivity index (χ4n) is 3.79. The van der Waals surface area contributed by atoms with Crippen LogP contribution in [0.4, 0.5) is 0 Å². The van der Waals surface area contributed by atoms with Gasteiger partial charge in [0.2, 0.25) is 5.39 Å². The van der Waals surface area contributed by atoms with Gasteiger partial charge in [-0.3, -0.25) is 0 Å². The minimum atomic E-state index is -2.90. The van der Waals surface area contributed by atoms with E-state index in [1.807, 2.05) is 36.4 Å². The summed E-state index contributed by atoms with van der Waals surface area (Å²) in [5.74, 6) is -1.32. The predicted molar refractivity (Wildman–Crippen MR) is 129 cm³/mol. The average Bonchev–Trinajstić information content (AvgIpc) is 2.77. The van der Waals surface area contributed by atoms with Crippen molar-refractivity contribution in [1.29, 1.82) is 5.39 Å². The number of carbonyl (C=O) groups excluding carboxylic acids is 1. The first-order valence-corrected chi connectivity index (χ1v) is 12.5. The molecule has 6 nitrogen and oxygen atoms in total. The number of hydrogen-bond donors (Lipinski definition) is 1. The highest BCUT2D eigenvalue weighted by molar-refractivity contribution is 6.99. The second-order valence-corrected chi connectivity index (χ2v) is 12.6. The van der Waals surface area contributed by atoms with Gasteiger partial charge in [0.15, 0.2) is 10.7 Å². The Morgan fingerprint density at radius 1 is 1.12 bits per heavy atom. The number of benzene rings is 2. The molecule has 0 aromatic heterocycles. The Hall–Kier alpha value is -3.21. The summed E-state index contributed by atoms with van der Waals surface area (Å²) in [6, 6.07) is 20.1. The molecule has 32 heavy (non-hydrogen) atoms. The van der Waals surface area contributed by atoms with E-state index >= 15 is 0 Å². The highest BCUT2D eigenvalue weighted by Crippen LogP contribution is 2.38. The quantitative estimate of drug-likeness (QED) is 0.149. The number of hydrogen-bond acceptors (Lipinski definition) is 5. The number of aliphatic hydroxyl groups excluding tert-OH is 1. The number of esters is 1. The summed E-state index contributed by atoms with van der Waals surface area (Å²) in [5, 5.41) is 21.7. The lowest BCUT2D eigenvalue weighted by Gasteiger charge is -2.44. The van der Waals surface area contributed by atoms with Crippen molar-refractivity contribution in [2.75, 3.05) is 6.61 Å². The molecule has 0 amide bonds. The van der Waals surface area contributed by atoms with Crippen LogP contribution < -0.4 is 10.4 Å². The van der Waals surface area contributed by atoms with E-state index in [4.69, 9.17) is 9.16 Å². The lowest BCUT2D eigenvalue weighted by atomic mass is 10.2. The number of carbonyl (C=O) groups is 1. The molecule has 168 valence electrons. The van der Waals surface area contributed by atoms with Gasteiger partial charge in [0.1, 0.15) is 0 Å². The summed E-state index contributed by atoms with van der Waals surface area (Å²) < 4.78 is 11.7. The first kappa shape index (κ1) is 25.1. The largest absolute Gasteiger partial charge is 0.505 e. The van der Waals surface area contributed by atoms with Gasteiger partial charge in [-0.1, -0.05) is 87.5 Å². The first-order chi connectivity index (χ1) is 15.2. The van der Waals surface area contributed by atoms with E-state index in [0.717, 1.165) is 10.4 Å². The normalized spacial score (nSPS) is 13.5. The molecule has 0 saturated carbocycles. The Kier molecular flexibility index (Phi) is 8.53. The molecule has 1 unspecified atom stereocenters. The van der Waals surface area contributed by atoms with Crippen LogP contribution in [0.1, 0.15) is 34.1 Å². The highest BCUT2D eigenvalue weighted by Gasteiger charge is 2.51. The van der Waals surface area contributed by atoms with Crippen molar-refractivity contribution in [1.82, 2.24) is 0 Å². The zero-order valence-corrected chi connectivity index (χ0v) is 20.1. The van der Waals surface area contributed by atoms with Crippen LogP contribution >= 0.6 is 0 Å². The standard InChI is InChI=1S/C25H30N2O4Si/c1-6-19(18-22(28)23(27-26)24(29)30-7-2)31-32(25(3,4)5,20-14-10-8-11-15-20)21-16-12-9-13-17-21/h6,8-17,19H,1,7,18H2,2-5H3/p+1. The van der Waals surface area contributed by atoms with Crippen molar-refractivity contribution < 1.29 is 19.1 Å². The van der Waals surface area contributed by atoms with Gasteiger partial charge in [0.05, 0.1) is 12.7 Å². The van der Waals surface area contributed by atoms with Gasteiger partial charge < -0.3 is 14.3 Å². The van der Waals surface area contributed by atoms with Crippen LogP contribution in [0.5, 0.6) is 0 Å². The summed E-state index contributed by atoms with van der Waals surface area (Å²) in [4.78, 5) is 15.0. The third-order valence-corrected chi connectivity index (χ3v) is 10.3. The second-order valence-electron chi connectivity index (χ2n) is 8.38. The van der Waals surface area contributed by atoms with Gasteiger partial charge in [0, 0.05) is 6.42 Å². The minimum absolute atomic E-state index is 0.0911. The summed E-state index contributed by atoms with van der Waals surface area (Å²) >= 11 is 0. The van der Waals surface area contributed by atoms with Crippen LogP contribution in [0.15, 0.2) is 84.8 Å². The van der Waals surface area contributed by atoms with Crippen LogP contribution in [0, 0.1) is 5.39 Å². The van der Waals surface area contributed by atoms with Gasteiger partial charge in [-0.05, 0) is 22.3 Å². The van der Waals surface area contributed by atoms with Gasteiger partial charge in [-0.2, -0.15) is 0 Å². The van der Waals surface area contributed by atoms with Crippen LogP contribution in [0.2, 0.25) is 5.04 Å². The smallest absolute Gasteiger partial charge is 0.505 e. The third kappa shape index (κ3) is 5.33. The van der Waals surface area contributed by atoms with Crippen molar-refractivity contribution in [3.05, 3.63) is 89.8 Å². The predicted octanol–water partition coefficient (Wildman–Crippen LogP) is 4.69. The minimum Gasteiger partial charge on any atom is -0.505 e. The van der Waals surface area contributed by atoms with E-state index in [0.29, 0.717) is 0 Å². The summed E-state index contributed by atoms with van der Waals surface area (Å²) in [6.07, 6.45) is 0.856. The number of aliphatic hydroxyl groups is 1. The maximum absolute atomic E-state index is 12.0. The molecule has 0 aliphatic heterocycles. The highest BCUT2D eigenvalue weighted by atomic mass is 28.4. The van der Waals surface area contributed by atoms with Gasteiger partial charge in [-0.25, -0.2) is 4.79 Å². The van der Waals surface area contributed by atoms with E-state index in [1.165, 1.54) is 0 Å². The molecule has 0 radical (unpaired) electrons. The maximum atomic E-state index is 12.0. The molecule has 2 aromatic rings. The Morgan fingerprint density at radius 3 is 2.00 bits per heavy atom. The molecule has 0 aliphatic rings. The zero-order chi connectivity index (χ0) is 23.8. The lowest BCUT2D eigenvalue weighted by Crippen LogP contribution is -2.67. The van der Waals surface area contributed by atoms with E-state index in [1.54, 1.807) is 13.0 Å². The molecule has 7 heteroatoms. The van der Waals surface area contributed by atoms with Crippen molar-refractivity contribution in [3.63, 3.8) is 0 Å². The van der Waals surface area contributed by atoms with E-state index in [-0.39, 0.29) is 18.1 Å². The van der Waals surface area contributed by atoms with Crippen molar-refractivity contribution in [3.8, 4) is 0 Å². The zero-order valence-electron chi connectivity index (χ0n) is 19.1. The second kappa shape index (κ2) is 10.9. The van der Waals surface area contributed by atoms with Crippen molar-refractivity contribution in [2.24, 2.45) is 0 Å². The number of diazo groups is 1. The molecule has 0 aliphatic carbocycles. The molecule has 0 spiro atoms. The molecule has 2 rings (SSSR count). The van der Waals surface area contributed by atoms with E-state index in [2.05, 4.69) is 56.6 Å². The SMILES string of the molecule is C=CC(C/C(O)=C(\[N+]#N)C(=O)OCC)O[Si](c1ccccc1)(c1ccccc1)C(C)(C)C. The Labute approximate surface area is 191 Å². The maximum Gasteiger partial charge on any atom is 0.505 e. The summed E-state index contributed by atoms with van der Waals surface area (Å²) in [7, 11) is -2.90. The fraction of sp³-hybridized carbons (Fsp3) is 0.320. The molecular formula is C25H31N2O4Si+. The van der Waals surface area contributed by atoms with Gasteiger partial charge in [0.25, 0.3) is 8.32 Å². The summed E-state index contributed by atoms with van der Waals surface area (Å²) in [6.45, 7) is 12.0. The Balaban J connectivity index is 2.59. The van der Waals surface area contributed by atoms with Crippen molar-refractivity contribution in [2.45, 2.75) is 45.3 Å². The molecule has 0 heterocycles. The lowest BCUT2D eigenvalue weighted by molar-refractivity contribution is -0.138. The van der Waals surface area contributed by atoms with Crippen molar-refractivity contribution >= 4 is 24.7 Å². The fourth-order valence-corrected chi connectivity index (χ4v) is 8.44. The Morgan fingerprint density at radius 2 is 1.62 bits per heavy atom. The molecular weight excluding hydrogens is 420 g/mol. The molecule has 0 bridgehead atoms. The monoisotopic (exact) mass is 451 g/mol. The first-order valence-electron chi connectivity index (χ1n) is 10.6. The Bertz CT molecular complexity index is 953. The molecule has 2 aromatic carbocycles. The average molecular weight is 452 g/mol. The van der Waals surface area contributed by atoms with Crippen LogP contribution in [0.25, 0.3) is 4.98 Å². The molecule has 1 atom stereocenters. The molecule has 1 N–H and O–H groups in total. The van der Waals surface area contributed by atoms with Crippen LogP contribution in [-0.4, -0.2) is 32.1 Å². The van der Waals surface area contributed by atoms with Gasteiger partial charge >= 0.3 is 11.7 Å². The topological polar surface area (TPSA) is 83.9 Å². The summed E-state index contributed by atoms with van der Waals surface area (Å²) in [5.41, 5.74) is -0.537. The number of rotatable bonds is 9. The van der Waals surface area contributed by atoms with E-state index in [9.17, 15) is 15.3 Å². The number of nitrogens with zero attached hydrogens (tertiary/aromatic N) is 2. The molecule has 0 fully saturated rings. The van der Waals surface area contributed by atoms with E-state index < -0.39 is 31.8 Å². The van der Waals surface area contributed by atoms with Crippen LogP contribution in [-0.2, 0) is 14.0 Å². The third-order valence-electron chi connectivity index (χ3n) is 5.24. The molecule has 0 saturated heterocycles. The number of ether oxygens (including phenoxy) is 1. The van der Waals surface area contributed by atoms with Gasteiger partial charge in [-0.15, -0.1) is 6.58 Å².